The number of thiazole rings is 1. The fraction of sp³-hybridized carbons (Fsp3) is 0.0769. The summed E-state index contributed by atoms with van der Waals surface area (Å²) >= 11 is 1.57. The normalized spacial score (nSPS) is 10.7. The van der Waals surface area contributed by atoms with Crippen molar-refractivity contribution in [2.24, 2.45) is 0 Å². The molecule has 1 aromatic carbocycles. The van der Waals surface area contributed by atoms with E-state index in [-0.39, 0.29) is 0 Å². The van der Waals surface area contributed by atoms with Crippen molar-refractivity contribution in [2.75, 3.05) is 5.73 Å². The van der Waals surface area contributed by atoms with Crippen molar-refractivity contribution in [3.8, 4) is 5.75 Å². The van der Waals surface area contributed by atoms with Gasteiger partial charge in [-0.1, -0.05) is 0 Å². The maximum atomic E-state index is 5.89. The van der Waals surface area contributed by atoms with E-state index in [1.807, 2.05) is 30.5 Å². The fourth-order valence-electron chi connectivity index (χ4n) is 1.76. The van der Waals surface area contributed by atoms with Crippen LogP contribution in [0.15, 0.2) is 42.2 Å². The summed E-state index contributed by atoms with van der Waals surface area (Å²) < 4.78 is 5.79. The number of hydrogen-bond acceptors (Lipinski definition) is 5. The maximum absolute atomic E-state index is 5.89. The molecule has 0 aliphatic heterocycles. The van der Waals surface area contributed by atoms with Crippen molar-refractivity contribution in [3.63, 3.8) is 0 Å². The summed E-state index contributed by atoms with van der Waals surface area (Å²) in [7, 11) is 0. The van der Waals surface area contributed by atoms with Crippen molar-refractivity contribution in [2.45, 2.75) is 6.61 Å². The Balaban J connectivity index is 1.94. The Morgan fingerprint density at radius 3 is 3.06 bits per heavy atom. The SMILES string of the molecule is Nc1ccc(OCc2cncs2)c2cccnc12. The molecule has 0 unspecified atom stereocenters. The molecule has 2 aromatic heterocycles. The van der Waals surface area contributed by atoms with Gasteiger partial charge in [0, 0.05) is 17.8 Å². The molecule has 0 aliphatic carbocycles. The topological polar surface area (TPSA) is 61.0 Å². The molecule has 0 amide bonds. The third-order valence-electron chi connectivity index (χ3n) is 2.61. The minimum Gasteiger partial charge on any atom is -0.487 e. The Kier molecular flexibility index (Phi) is 2.82. The number of hydrogen-bond donors (Lipinski definition) is 1. The first-order valence-corrected chi connectivity index (χ1v) is 6.36. The second kappa shape index (κ2) is 4.62. The summed E-state index contributed by atoms with van der Waals surface area (Å²) in [6.45, 7) is 0.512. The first-order chi connectivity index (χ1) is 8.84. The number of aromatic nitrogens is 2. The van der Waals surface area contributed by atoms with Gasteiger partial charge in [-0.05, 0) is 24.3 Å². The summed E-state index contributed by atoms with van der Waals surface area (Å²) in [4.78, 5) is 9.38. The fourth-order valence-corrected chi connectivity index (χ4v) is 2.26. The van der Waals surface area contributed by atoms with Crippen LogP contribution in [0, 0.1) is 0 Å². The van der Waals surface area contributed by atoms with Gasteiger partial charge in [0.2, 0.25) is 0 Å². The van der Waals surface area contributed by atoms with Crippen molar-refractivity contribution in [3.05, 3.63) is 47.0 Å². The smallest absolute Gasteiger partial charge is 0.129 e. The van der Waals surface area contributed by atoms with E-state index in [1.165, 1.54) is 0 Å². The molecule has 2 heterocycles. The van der Waals surface area contributed by atoms with E-state index in [0.717, 1.165) is 21.5 Å². The van der Waals surface area contributed by atoms with E-state index in [2.05, 4.69) is 9.97 Å². The molecule has 0 aliphatic rings. The van der Waals surface area contributed by atoms with Crippen molar-refractivity contribution in [1.29, 1.82) is 0 Å². The number of fused-ring (bicyclic) bond motifs is 1. The molecule has 0 saturated carbocycles. The zero-order valence-corrected chi connectivity index (χ0v) is 10.4. The summed E-state index contributed by atoms with van der Waals surface area (Å²) in [6.07, 6.45) is 3.54. The van der Waals surface area contributed by atoms with Crippen molar-refractivity contribution >= 4 is 27.9 Å². The number of nitrogens with two attached hydrogens (primary N) is 1. The van der Waals surface area contributed by atoms with Gasteiger partial charge >= 0.3 is 0 Å². The zero-order chi connectivity index (χ0) is 12.4. The number of ether oxygens (including phenoxy) is 1. The van der Waals surface area contributed by atoms with Gasteiger partial charge in [-0.25, -0.2) is 0 Å². The van der Waals surface area contributed by atoms with Gasteiger partial charge < -0.3 is 10.5 Å². The summed E-state index contributed by atoms with van der Waals surface area (Å²) in [5, 5.41) is 0.932. The van der Waals surface area contributed by atoms with Gasteiger partial charge in [0.05, 0.1) is 21.6 Å². The highest BCUT2D eigenvalue weighted by atomic mass is 32.1. The Hall–Kier alpha value is -2.14. The average molecular weight is 257 g/mol. The summed E-state index contributed by atoms with van der Waals surface area (Å²) in [6, 6.07) is 7.53. The number of rotatable bonds is 3. The summed E-state index contributed by atoms with van der Waals surface area (Å²) in [5.41, 5.74) is 9.12. The lowest BCUT2D eigenvalue weighted by atomic mass is 10.2. The Bertz CT molecular complexity index is 667. The molecule has 2 N–H and O–H groups in total. The van der Waals surface area contributed by atoms with Gasteiger partial charge in [0.15, 0.2) is 0 Å². The molecule has 0 bridgehead atoms. The molecule has 0 atom stereocenters. The van der Waals surface area contributed by atoms with E-state index in [1.54, 1.807) is 23.0 Å². The van der Waals surface area contributed by atoms with Crippen LogP contribution in [0.3, 0.4) is 0 Å². The number of pyridine rings is 1. The molecule has 3 rings (SSSR count). The van der Waals surface area contributed by atoms with Crippen LogP contribution >= 0.6 is 11.3 Å². The van der Waals surface area contributed by atoms with Gasteiger partial charge in [0.25, 0.3) is 0 Å². The highest BCUT2D eigenvalue weighted by Crippen LogP contribution is 2.29. The molecule has 4 nitrogen and oxygen atoms in total. The van der Waals surface area contributed by atoms with Gasteiger partial charge in [0.1, 0.15) is 12.4 Å². The van der Waals surface area contributed by atoms with Crippen LogP contribution in [0.1, 0.15) is 4.88 Å². The van der Waals surface area contributed by atoms with Gasteiger partial charge in [-0.3, -0.25) is 9.97 Å². The van der Waals surface area contributed by atoms with Crippen LogP contribution in [-0.4, -0.2) is 9.97 Å². The number of anilines is 1. The lowest BCUT2D eigenvalue weighted by molar-refractivity contribution is 0.313. The molecule has 90 valence electrons. The molecule has 3 aromatic rings. The number of nitrogen functional groups attached to an aromatic ring is 1. The Labute approximate surface area is 108 Å². The number of nitrogens with zero attached hydrogens (tertiary/aromatic N) is 2. The van der Waals surface area contributed by atoms with Crippen LogP contribution in [0.5, 0.6) is 5.75 Å². The Morgan fingerprint density at radius 1 is 1.28 bits per heavy atom. The quantitative estimate of drug-likeness (QED) is 0.733. The monoisotopic (exact) mass is 257 g/mol. The molecule has 18 heavy (non-hydrogen) atoms. The largest absolute Gasteiger partial charge is 0.487 e. The lowest BCUT2D eigenvalue weighted by Gasteiger charge is -2.09. The molecule has 0 fully saturated rings. The van der Waals surface area contributed by atoms with E-state index in [4.69, 9.17) is 10.5 Å². The standard InChI is InChI=1S/C13H11N3OS/c14-11-3-4-12(10-2-1-5-16-13(10)11)17-7-9-6-15-8-18-9/h1-6,8H,7,14H2. The van der Waals surface area contributed by atoms with Crippen LogP contribution in [0.4, 0.5) is 5.69 Å². The first kappa shape index (κ1) is 11.0. The van der Waals surface area contributed by atoms with Crippen molar-refractivity contribution in [1.82, 2.24) is 9.97 Å². The molecule has 0 saturated heterocycles. The Morgan fingerprint density at radius 2 is 2.22 bits per heavy atom. The van der Waals surface area contributed by atoms with E-state index < -0.39 is 0 Å². The molecule has 0 spiro atoms. The minimum atomic E-state index is 0.512. The lowest BCUT2D eigenvalue weighted by Crippen LogP contribution is -1.96. The molecular weight excluding hydrogens is 246 g/mol. The second-order valence-corrected chi connectivity index (χ2v) is 4.78. The highest BCUT2D eigenvalue weighted by molar-refractivity contribution is 7.09. The van der Waals surface area contributed by atoms with Crippen LogP contribution < -0.4 is 10.5 Å². The third-order valence-corrected chi connectivity index (χ3v) is 3.37. The first-order valence-electron chi connectivity index (χ1n) is 5.48. The van der Waals surface area contributed by atoms with E-state index >= 15 is 0 Å². The van der Waals surface area contributed by atoms with Gasteiger partial charge in [-0.2, -0.15) is 0 Å². The number of benzene rings is 1. The predicted octanol–water partition coefficient (Wildman–Crippen LogP) is 2.85. The van der Waals surface area contributed by atoms with E-state index in [9.17, 15) is 0 Å². The third kappa shape index (κ3) is 2.00. The molecular formula is C13H11N3OS. The maximum Gasteiger partial charge on any atom is 0.129 e. The van der Waals surface area contributed by atoms with Crippen LogP contribution in [0.2, 0.25) is 0 Å². The van der Waals surface area contributed by atoms with E-state index in [0.29, 0.717) is 12.3 Å². The molecule has 5 heteroatoms. The van der Waals surface area contributed by atoms with Crippen molar-refractivity contribution < 1.29 is 4.74 Å². The zero-order valence-electron chi connectivity index (χ0n) is 9.54. The predicted molar refractivity (Wildman–Crippen MR) is 72.6 cm³/mol. The molecule has 0 radical (unpaired) electrons. The van der Waals surface area contributed by atoms with Crippen LogP contribution in [0.25, 0.3) is 10.9 Å². The average Bonchev–Trinajstić information content (AvgIpc) is 2.92. The minimum absolute atomic E-state index is 0.512. The van der Waals surface area contributed by atoms with Gasteiger partial charge in [-0.15, -0.1) is 11.3 Å². The second-order valence-electron chi connectivity index (χ2n) is 3.81. The highest BCUT2D eigenvalue weighted by Gasteiger charge is 2.06. The van der Waals surface area contributed by atoms with Crippen LogP contribution in [-0.2, 0) is 6.61 Å². The summed E-state index contributed by atoms with van der Waals surface area (Å²) in [5.74, 6) is 0.792.